The number of imide groups is 1. The van der Waals surface area contributed by atoms with Gasteiger partial charge in [0.15, 0.2) is 0 Å². The third-order valence-electron chi connectivity index (χ3n) is 14.0. The van der Waals surface area contributed by atoms with E-state index in [1.165, 1.54) is 0 Å². The number of carbonyl (C=O) groups is 10. The zero-order chi connectivity index (χ0) is 74.2. The van der Waals surface area contributed by atoms with Crippen molar-refractivity contribution in [1.29, 1.82) is 0 Å². The molecule has 42 nitrogen and oxygen atoms in total. The summed E-state index contributed by atoms with van der Waals surface area (Å²) < 4.78 is 44.0. The van der Waals surface area contributed by atoms with Gasteiger partial charge in [-0.1, -0.05) is 6.92 Å². The van der Waals surface area contributed by atoms with E-state index in [1.54, 1.807) is 6.92 Å². The van der Waals surface area contributed by atoms with Crippen LogP contribution in [0.25, 0.3) is 0 Å². The minimum absolute atomic E-state index is 0.156. The van der Waals surface area contributed by atoms with Crippen molar-refractivity contribution < 1.29 is 167 Å². The molecule has 19 N–H and O–H groups in total. The van der Waals surface area contributed by atoms with Crippen LogP contribution < -0.4 is 21.3 Å². The number of rotatable bonds is 60. The molecule has 2 unspecified atom stereocenters. The molecule has 0 aromatic rings. The first-order valence-corrected chi connectivity index (χ1v) is 31.6. The average Bonchev–Trinajstić information content (AvgIpc) is 1.60. The van der Waals surface area contributed by atoms with Gasteiger partial charge >= 0.3 is 5.97 Å². The number of hydrogen-bond donors (Lipinski definition) is 19. The lowest BCUT2D eigenvalue weighted by Crippen LogP contribution is -2.55. The molecule has 1 saturated heterocycles. The maximum Gasteiger partial charge on any atom is 0.333 e. The normalized spacial score (nSPS) is 13.3. The number of hydrogen-bond acceptors (Lipinski definition) is 34. The first-order chi connectivity index (χ1) is 47.4. The molecule has 0 aromatic carbocycles. The molecule has 42 heteroatoms. The highest BCUT2D eigenvalue weighted by molar-refractivity contribution is 6.02. The summed E-state index contributed by atoms with van der Waals surface area (Å²) in [5, 5.41) is 155. The van der Waals surface area contributed by atoms with E-state index in [-0.39, 0.29) is 24.3 Å². The summed E-state index contributed by atoms with van der Waals surface area (Å²) in [4.78, 5) is 145. The van der Waals surface area contributed by atoms with Crippen LogP contribution in [0.5, 0.6) is 0 Å². The Labute approximate surface area is 569 Å². The van der Waals surface area contributed by atoms with Crippen LogP contribution in [-0.4, -0.2) is 420 Å². The van der Waals surface area contributed by atoms with E-state index in [2.05, 4.69) is 21.3 Å². The van der Waals surface area contributed by atoms with Gasteiger partial charge in [-0.15, -0.1) is 5.06 Å². The van der Waals surface area contributed by atoms with Crippen molar-refractivity contribution in [1.82, 2.24) is 41.0 Å². The zero-order valence-corrected chi connectivity index (χ0v) is 55.2. The fraction of sp³-hybridized carbons (Fsp3) is 0.825. The summed E-state index contributed by atoms with van der Waals surface area (Å²) in [5.41, 5.74) is 0. The molecule has 0 aliphatic carbocycles. The van der Waals surface area contributed by atoms with Crippen molar-refractivity contribution in [2.75, 3.05) is 191 Å². The summed E-state index contributed by atoms with van der Waals surface area (Å²) in [6.45, 7) is -20.6. The van der Waals surface area contributed by atoms with Crippen LogP contribution in [0.3, 0.4) is 0 Å². The van der Waals surface area contributed by atoms with Crippen molar-refractivity contribution in [3.8, 4) is 0 Å². The van der Waals surface area contributed by atoms with E-state index in [0.717, 1.165) is 0 Å². The molecule has 9 amide bonds. The first-order valence-electron chi connectivity index (χ1n) is 31.6. The lowest BCUT2D eigenvalue weighted by Gasteiger charge is -2.31. The van der Waals surface area contributed by atoms with Gasteiger partial charge in [0, 0.05) is 19.3 Å². The Bertz CT molecular complexity index is 2000. The van der Waals surface area contributed by atoms with Gasteiger partial charge in [0.05, 0.1) is 189 Å². The highest BCUT2D eigenvalue weighted by atomic mass is 16.7. The molecule has 0 saturated carbocycles. The third kappa shape index (κ3) is 38.0. The second-order valence-corrected chi connectivity index (χ2v) is 22.1. The van der Waals surface area contributed by atoms with Crippen molar-refractivity contribution in [3.63, 3.8) is 0 Å². The van der Waals surface area contributed by atoms with Crippen molar-refractivity contribution in [2.24, 2.45) is 0 Å². The number of hydroxylamine groups is 2. The topological polar surface area (TPSA) is 618 Å². The smallest absolute Gasteiger partial charge is 0.333 e. The Morgan fingerprint density at radius 1 is 0.333 bits per heavy atom. The average molecular weight is 1440 g/mol. The fourth-order valence-electron chi connectivity index (χ4n) is 8.17. The zero-order valence-electron chi connectivity index (χ0n) is 55.2. The highest BCUT2D eigenvalue weighted by Crippen LogP contribution is 2.14. The summed E-state index contributed by atoms with van der Waals surface area (Å²) in [7, 11) is 0. The molecular formula is C57H102N8O34. The van der Waals surface area contributed by atoms with Crippen molar-refractivity contribution >= 4 is 59.1 Å². The Balaban J connectivity index is 4.24. The number of aliphatic hydroxyl groups is 15. The number of ether oxygens (including phenoxy) is 8. The predicted octanol–water partition coefficient (Wildman–Crippen LogP) is -13.8. The van der Waals surface area contributed by atoms with E-state index < -0.39 is 336 Å². The van der Waals surface area contributed by atoms with Crippen LogP contribution >= 0.6 is 0 Å². The number of amides is 9. The van der Waals surface area contributed by atoms with Gasteiger partial charge in [0.2, 0.25) is 41.4 Å². The van der Waals surface area contributed by atoms with E-state index in [1.807, 2.05) is 0 Å². The second-order valence-electron chi connectivity index (χ2n) is 22.1. The number of nitrogens with zero attached hydrogens (tertiary/aromatic N) is 4. The van der Waals surface area contributed by atoms with Crippen LogP contribution in [-0.2, 0) is 90.7 Å². The third-order valence-corrected chi connectivity index (χ3v) is 14.0. The summed E-state index contributed by atoms with van der Waals surface area (Å²) in [5.74, 6) is -11.9. The molecule has 99 heavy (non-hydrogen) atoms. The Morgan fingerprint density at radius 2 is 0.545 bits per heavy atom. The largest absolute Gasteiger partial charge is 0.394 e. The summed E-state index contributed by atoms with van der Waals surface area (Å²) in [6.07, 6.45) is -11.7. The molecule has 0 aromatic heterocycles. The van der Waals surface area contributed by atoms with E-state index >= 15 is 0 Å². The maximum atomic E-state index is 15.0. The van der Waals surface area contributed by atoms with Crippen molar-refractivity contribution in [3.05, 3.63) is 0 Å². The molecule has 1 heterocycles. The Kier molecular flexibility index (Phi) is 49.4. The van der Waals surface area contributed by atoms with E-state index in [0.29, 0.717) is 14.7 Å². The van der Waals surface area contributed by atoms with Gasteiger partial charge in [-0.3, -0.25) is 43.2 Å². The molecule has 1 rings (SSSR count). The molecule has 0 spiro atoms. The lowest BCUT2D eigenvalue weighted by atomic mass is 10.2. The second kappa shape index (κ2) is 53.8. The van der Waals surface area contributed by atoms with Crippen LogP contribution in [0.2, 0.25) is 0 Å². The van der Waals surface area contributed by atoms with Gasteiger partial charge in [-0.2, -0.15) is 0 Å². The van der Waals surface area contributed by atoms with Crippen LogP contribution in [0.15, 0.2) is 0 Å². The molecule has 0 radical (unpaired) electrons. The van der Waals surface area contributed by atoms with E-state index in [9.17, 15) is 125 Å². The molecule has 2 atom stereocenters. The SMILES string of the molecule is CCC(CO)OCC(COC(CO)CO)NC(=O)CN(CC(=O)NC(COC(CO)CO)COC(CO)CO)C(=O)CN(CC(=O)N(CC(=O)NC(COC(CO)CO)COC(CO)CO)CC(=O)NC(COC(CO)CO)COC(CO)CO)C(=O)CCC(=O)ON1C(=O)CCC1=O. The number of aliphatic hydroxyl groups excluding tert-OH is 15. The fourth-order valence-corrected chi connectivity index (χ4v) is 8.17. The minimum Gasteiger partial charge on any atom is -0.394 e. The van der Waals surface area contributed by atoms with Crippen LogP contribution in [0.4, 0.5) is 0 Å². The minimum atomic E-state index is -1.40. The van der Waals surface area contributed by atoms with Gasteiger partial charge < -0.3 is 155 Å². The Hall–Kier alpha value is -6.02. The van der Waals surface area contributed by atoms with Gasteiger partial charge in [-0.25, -0.2) is 4.79 Å². The van der Waals surface area contributed by atoms with E-state index in [4.69, 9.17) is 42.7 Å². The molecule has 574 valence electrons. The quantitative estimate of drug-likeness (QED) is 0.0251. The van der Waals surface area contributed by atoms with Crippen molar-refractivity contribution in [2.45, 2.75) is 112 Å². The molecule has 1 aliphatic heterocycles. The summed E-state index contributed by atoms with van der Waals surface area (Å²) >= 11 is 0. The Morgan fingerprint density at radius 3 is 0.758 bits per heavy atom. The van der Waals surface area contributed by atoms with Gasteiger partial charge in [-0.05, 0) is 6.42 Å². The maximum absolute atomic E-state index is 15.0. The monoisotopic (exact) mass is 1440 g/mol. The molecule has 0 bridgehead atoms. The van der Waals surface area contributed by atoms with Crippen LogP contribution in [0.1, 0.15) is 39.0 Å². The van der Waals surface area contributed by atoms with Gasteiger partial charge in [0.1, 0.15) is 82.0 Å². The first kappa shape index (κ1) is 91.0. The molecule has 1 fully saturated rings. The summed E-state index contributed by atoms with van der Waals surface area (Å²) in [6, 6.07) is -5.13. The molecular weight excluding hydrogens is 1340 g/mol. The molecule has 1 aliphatic rings. The predicted molar refractivity (Wildman–Crippen MR) is 328 cm³/mol. The standard InChI is InChI=1S/C57H102N8O34/c1-2-40(13-66)91-28-36(29-92-41(14-67)15-68)58-48(81)7-62(8-49(82)59-37(30-93-42(16-69)17-70)31-94-43(18-71)19-72)55(88)11-64(52(85)5-6-57(90)99-65-53(86)3-4-54(65)87)12-56(89)63(9-50(83)60-38(32-95-44(20-73)21-74)33-96-45(22-75)23-76)10-51(84)61-39(34-97-46(24-77)25-78)35-98-47(26-79)27-80/h36-47,66-80H,2-35H2,1H3,(H,58,81)(H,59,82)(H,60,83)(H,61,84). The van der Waals surface area contributed by atoms with Gasteiger partial charge in [0.25, 0.3) is 11.8 Å². The number of carbonyl (C=O) groups excluding carboxylic acids is 10. The van der Waals surface area contributed by atoms with Crippen LogP contribution in [0, 0.1) is 0 Å². The highest BCUT2D eigenvalue weighted by Gasteiger charge is 2.35. The lowest BCUT2D eigenvalue weighted by molar-refractivity contribution is -0.197. The number of nitrogens with one attached hydrogen (secondary N) is 4.